The van der Waals surface area contributed by atoms with E-state index in [-0.39, 0.29) is 29.8 Å². The number of ether oxygens (including phenoxy) is 1. The van der Waals surface area contributed by atoms with Crippen molar-refractivity contribution in [3.63, 3.8) is 0 Å². The van der Waals surface area contributed by atoms with Crippen LogP contribution in [0.3, 0.4) is 0 Å². The Labute approximate surface area is 152 Å². The minimum absolute atomic E-state index is 0.0726. The van der Waals surface area contributed by atoms with E-state index in [0.29, 0.717) is 17.9 Å². The summed E-state index contributed by atoms with van der Waals surface area (Å²) in [6.45, 7) is 8.00. The lowest BCUT2D eigenvalue weighted by Gasteiger charge is -2.14. The van der Waals surface area contributed by atoms with Gasteiger partial charge in [-0.1, -0.05) is 13.8 Å². The summed E-state index contributed by atoms with van der Waals surface area (Å²) < 4.78 is 6.94. The number of aromatic nitrogens is 1. The summed E-state index contributed by atoms with van der Waals surface area (Å²) in [6, 6.07) is 9.56. The van der Waals surface area contributed by atoms with Gasteiger partial charge < -0.3 is 14.6 Å². The Morgan fingerprint density at radius 1 is 1.08 bits per heavy atom. The van der Waals surface area contributed by atoms with Crippen LogP contribution in [0.2, 0.25) is 0 Å². The highest BCUT2D eigenvalue weighted by atomic mass is 16.5. The third-order valence-corrected chi connectivity index (χ3v) is 3.81. The second kappa shape index (κ2) is 8.47. The lowest BCUT2D eigenvalue weighted by Crippen LogP contribution is -2.23. The van der Waals surface area contributed by atoms with E-state index in [2.05, 4.69) is 5.32 Å². The predicted molar refractivity (Wildman–Crippen MR) is 100 cm³/mol. The SMILES string of the molecule is Cc1cc(=O)cc(C)n1CC(=O)Nc1ccc(C(=O)OCC(C)C)cc1. The first-order valence-corrected chi connectivity index (χ1v) is 8.51. The molecule has 0 saturated carbocycles. The maximum atomic E-state index is 12.3. The van der Waals surface area contributed by atoms with E-state index in [4.69, 9.17) is 4.74 Å². The third-order valence-electron chi connectivity index (χ3n) is 3.81. The molecule has 0 bridgehead atoms. The summed E-state index contributed by atoms with van der Waals surface area (Å²) >= 11 is 0. The number of carbonyl (C=O) groups is 2. The van der Waals surface area contributed by atoms with Crippen molar-refractivity contribution >= 4 is 17.6 Å². The van der Waals surface area contributed by atoms with E-state index in [1.165, 1.54) is 12.1 Å². The molecule has 6 nitrogen and oxygen atoms in total. The fraction of sp³-hybridized carbons (Fsp3) is 0.350. The number of aryl methyl sites for hydroxylation is 2. The topological polar surface area (TPSA) is 77.4 Å². The Balaban J connectivity index is 2.00. The molecule has 0 spiro atoms. The first kappa shape index (κ1) is 19.4. The average molecular weight is 356 g/mol. The van der Waals surface area contributed by atoms with Crippen LogP contribution >= 0.6 is 0 Å². The molecule has 6 heteroatoms. The van der Waals surface area contributed by atoms with Gasteiger partial charge in [-0.05, 0) is 44.0 Å². The molecule has 1 aromatic carbocycles. The van der Waals surface area contributed by atoms with Crippen molar-refractivity contribution < 1.29 is 14.3 Å². The van der Waals surface area contributed by atoms with Crippen molar-refractivity contribution in [2.75, 3.05) is 11.9 Å². The highest BCUT2D eigenvalue weighted by Crippen LogP contribution is 2.12. The fourth-order valence-corrected chi connectivity index (χ4v) is 2.50. The smallest absolute Gasteiger partial charge is 0.338 e. The maximum absolute atomic E-state index is 12.3. The molecule has 0 aliphatic rings. The summed E-state index contributed by atoms with van der Waals surface area (Å²) in [5, 5.41) is 2.79. The van der Waals surface area contributed by atoms with Gasteiger partial charge in [0.2, 0.25) is 5.91 Å². The molecule has 1 N–H and O–H groups in total. The van der Waals surface area contributed by atoms with Crippen LogP contribution in [-0.2, 0) is 16.1 Å². The molecular formula is C20H24N2O4. The molecule has 0 aliphatic heterocycles. The highest BCUT2D eigenvalue weighted by Gasteiger charge is 2.10. The van der Waals surface area contributed by atoms with E-state index < -0.39 is 0 Å². The fourth-order valence-electron chi connectivity index (χ4n) is 2.50. The number of anilines is 1. The molecule has 0 radical (unpaired) electrons. The zero-order chi connectivity index (χ0) is 19.3. The van der Waals surface area contributed by atoms with Gasteiger partial charge in [0, 0.05) is 29.2 Å². The van der Waals surface area contributed by atoms with E-state index in [9.17, 15) is 14.4 Å². The minimum Gasteiger partial charge on any atom is -0.462 e. The Hall–Kier alpha value is -2.89. The molecule has 0 fully saturated rings. The Morgan fingerprint density at radius 3 is 2.19 bits per heavy atom. The number of pyridine rings is 1. The number of amides is 1. The number of esters is 1. The zero-order valence-electron chi connectivity index (χ0n) is 15.5. The number of hydrogen-bond acceptors (Lipinski definition) is 4. The monoisotopic (exact) mass is 356 g/mol. The molecule has 26 heavy (non-hydrogen) atoms. The standard InChI is InChI=1S/C20H24N2O4/c1-13(2)12-26-20(25)16-5-7-17(8-6-16)21-19(24)11-22-14(3)9-18(23)10-15(22)4/h5-10,13H,11-12H2,1-4H3,(H,21,24). The van der Waals surface area contributed by atoms with E-state index in [0.717, 1.165) is 11.4 Å². The largest absolute Gasteiger partial charge is 0.462 e. The van der Waals surface area contributed by atoms with Gasteiger partial charge >= 0.3 is 5.97 Å². The number of rotatable bonds is 6. The Bertz CT molecular complexity index is 825. The number of benzene rings is 1. The average Bonchev–Trinajstić information content (AvgIpc) is 2.56. The number of nitrogens with zero attached hydrogens (tertiary/aromatic N) is 1. The Kier molecular flexibility index (Phi) is 6.33. The van der Waals surface area contributed by atoms with Crippen LogP contribution in [0, 0.1) is 19.8 Å². The molecule has 1 amide bonds. The van der Waals surface area contributed by atoms with Gasteiger partial charge in [-0.25, -0.2) is 4.79 Å². The Morgan fingerprint density at radius 2 is 1.65 bits per heavy atom. The van der Waals surface area contributed by atoms with E-state index in [1.807, 2.05) is 13.8 Å². The third kappa shape index (κ3) is 5.31. The molecule has 1 aromatic heterocycles. The normalized spacial score (nSPS) is 10.7. The summed E-state index contributed by atoms with van der Waals surface area (Å²) in [7, 11) is 0. The van der Waals surface area contributed by atoms with Gasteiger partial charge in [0.15, 0.2) is 5.43 Å². The van der Waals surface area contributed by atoms with Crippen LogP contribution in [0.5, 0.6) is 0 Å². The van der Waals surface area contributed by atoms with Crippen LogP contribution in [0.4, 0.5) is 5.69 Å². The molecule has 2 rings (SSSR count). The van der Waals surface area contributed by atoms with Gasteiger partial charge in [-0.15, -0.1) is 0 Å². The van der Waals surface area contributed by atoms with Crippen LogP contribution < -0.4 is 10.7 Å². The molecule has 0 atom stereocenters. The van der Waals surface area contributed by atoms with Crippen LogP contribution in [0.25, 0.3) is 0 Å². The summed E-state index contributed by atoms with van der Waals surface area (Å²) in [5.41, 5.74) is 2.42. The van der Waals surface area contributed by atoms with Crippen molar-refractivity contribution in [1.82, 2.24) is 4.57 Å². The zero-order valence-corrected chi connectivity index (χ0v) is 15.5. The van der Waals surface area contributed by atoms with Crippen molar-refractivity contribution in [3.05, 3.63) is 63.6 Å². The van der Waals surface area contributed by atoms with E-state index in [1.54, 1.807) is 42.7 Å². The second-order valence-corrected chi connectivity index (χ2v) is 6.68. The second-order valence-electron chi connectivity index (χ2n) is 6.68. The van der Waals surface area contributed by atoms with Crippen LogP contribution in [0.15, 0.2) is 41.2 Å². The summed E-state index contributed by atoms with van der Waals surface area (Å²) in [4.78, 5) is 35.6. The molecular weight excluding hydrogens is 332 g/mol. The highest BCUT2D eigenvalue weighted by molar-refractivity contribution is 5.93. The molecule has 2 aromatic rings. The molecule has 138 valence electrons. The quantitative estimate of drug-likeness (QED) is 0.808. The maximum Gasteiger partial charge on any atom is 0.338 e. The first-order chi connectivity index (χ1) is 12.3. The van der Waals surface area contributed by atoms with Crippen molar-refractivity contribution in [3.8, 4) is 0 Å². The van der Waals surface area contributed by atoms with E-state index >= 15 is 0 Å². The van der Waals surface area contributed by atoms with Crippen molar-refractivity contribution in [1.29, 1.82) is 0 Å². The molecule has 0 unspecified atom stereocenters. The van der Waals surface area contributed by atoms with Gasteiger partial charge in [0.1, 0.15) is 6.54 Å². The van der Waals surface area contributed by atoms with Gasteiger partial charge in [0.25, 0.3) is 0 Å². The molecule has 0 saturated heterocycles. The summed E-state index contributed by atoms with van der Waals surface area (Å²) in [5.74, 6) is -0.316. The van der Waals surface area contributed by atoms with Crippen LogP contribution in [-0.4, -0.2) is 23.1 Å². The van der Waals surface area contributed by atoms with Gasteiger partial charge in [-0.3, -0.25) is 9.59 Å². The molecule has 1 heterocycles. The summed E-state index contributed by atoms with van der Waals surface area (Å²) in [6.07, 6.45) is 0. The number of carbonyl (C=O) groups excluding carboxylic acids is 2. The molecule has 0 aliphatic carbocycles. The lowest BCUT2D eigenvalue weighted by molar-refractivity contribution is -0.116. The number of nitrogens with one attached hydrogen (secondary N) is 1. The predicted octanol–water partition coefficient (Wildman–Crippen LogP) is 2.92. The van der Waals surface area contributed by atoms with Gasteiger partial charge in [-0.2, -0.15) is 0 Å². The van der Waals surface area contributed by atoms with Gasteiger partial charge in [0.05, 0.1) is 12.2 Å². The van der Waals surface area contributed by atoms with Crippen molar-refractivity contribution in [2.45, 2.75) is 34.2 Å². The first-order valence-electron chi connectivity index (χ1n) is 8.51. The lowest BCUT2D eigenvalue weighted by atomic mass is 10.2. The minimum atomic E-state index is -0.379. The van der Waals surface area contributed by atoms with Crippen LogP contribution in [0.1, 0.15) is 35.6 Å². The number of hydrogen-bond donors (Lipinski definition) is 1. The van der Waals surface area contributed by atoms with Crippen molar-refractivity contribution in [2.24, 2.45) is 5.92 Å².